The lowest BCUT2D eigenvalue weighted by Crippen LogP contribution is -2.65. The van der Waals surface area contributed by atoms with Gasteiger partial charge in [0.05, 0.1) is 29.9 Å². The molecule has 8 amide bonds. The number of unbranched alkanes of at least 4 members (excludes halogenated alkanes) is 4. The standard InChI is InChI=1S/C89H99Cl2N9O34/c1-33(2)9-7-5-4-6-8-10-59(109)94-68-75(115)72(112)57(31-102)131-88(68)134-79-54-25-40-26-55(79)128-51-18-14-38(23-47(51)91)78(133-87-67(93-34(3)104)74(114)71(111)56(30-101)130-87)69-85(123)98-65(86(124)125)45-28-42(106)29-53(129-89-77(117)76(116)73(113)58(32-103)132-89)60(45)44-21-36(12-15-48(44)107)62(81(119)100-69)95-83(121)64(40)96-82(120)63-39-19-41(105)27-43(20-39)126-52-24-35(11-16-49(52)108)61(92)80(118)99-66(84(122)97-63)70(110)37-13-17-50(127-54)46(90)22-37/h11-29,33,56-58,61-78,87-89,101-103,105-108,110-117H,4-10,30-32,92H2,1-3H3,(H,93,104)(H,94,109)(H,95,121)(H,96,120)(H,97,122)(H,98,123)(H,99,118)(H,100,119)(H,124,125)/t56-,57-,58-,61+,62+,63+,64-,65+,66-,67-,68-,69+,70-,71-,72-,73-,74-,75-,76+,77-,78-,87+,88+,89-/m1/s1. The number of hydrogen-bond acceptors (Lipinski definition) is 34. The number of carbonyl (C=O) groups is 9. The Kier molecular flexibility index (Phi) is 30.3. The van der Waals surface area contributed by atoms with E-state index in [1.54, 1.807) is 0 Å². The number of nitrogens with one attached hydrogen (secondary N) is 8. The monoisotopic (exact) mass is 1910 g/mol. The molecule has 0 aromatic heterocycles. The molecule has 9 heterocycles. The maximum absolute atomic E-state index is 17.0. The third-order valence-corrected chi connectivity index (χ3v) is 24.4. The van der Waals surface area contributed by atoms with Crippen molar-refractivity contribution < 1.29 is 167 Å². The second-order valence-electron chi connectivity index (χ2n) is 33.6. The second-order valence-corrected chi connectivity index (χ2v) is 34.4. The highest BCUT2D eigenvalue weighted by molar-refractivity contribution is 6.32. The van der Waals surface area contributed by atoms with Crippen LogP contribution in [-0.2, 0) is 62.1 Å². The fourth-order valence-corrected chi connectivity index (χ4v) is 17.1. The number of aliphatic carboxylic acids is 1. The average molecular weight is 1910 g/mol. The Labute approximate surface area is 770 Å². The second kappa shape index (κ2) is 41.4. The molecule has 45 heteroatoms. The maximum Gasteiger partial charge on any atom is 0.330 e. The molecule has 134 heavy (non-hydrogen) atoms. The van der Waals surface area contributed by atoms with E-state index in [1.165, 1.54) is 6.07 Å². The molecular weight excluding hydrogens is 1810 g/mol. The molecule has 16 rings (SSSR count). The maximum atomic E-state index is 17.0. The number of benzene rings is 7. The van der Waals surface area contributed by atoms with E-state index < -0.39 is 338 Å². The zero-order chi connectivity index (χ0) is 96.4. The highest BCUT2D eigenvalue weighted by atomic mass is 35.5. The number of carboxylic acids is 1. The number of rotatable bonds is 20. The number of amides is 8. The van der Waals surface area contributed by atoms with Gasteiger partial charge in [-0.25, -0.2) is 4.79 Å². The van der Waals surface area contributed by atoms with Crippen molar-refractivity contribution in [1.82, 2.24) is 42.5 Å². The van der Waals surface area contributed by atoms with Crippen LogP contribution in [0.4, 0.5) is 0 Å². The van der Waals surface area contributed by atoms with Gasteiger partial charge in [0.15, 0.2) is 35.3 Å². The zero-order valence-corrected chi connectivity index (χ0v) is 72.8. The van der Waals surface area contributed by atoms with Gasteiger partial charge in [0, 0.05) is 42.2 Å². The van der Waals surface area contributed by atoms with E-state index >= 15 is 24.0 Å². The van der Waals surface area contributed by atoms with Gasteiger partial charge in [-0.05, 0) is 125 Å². The molecule has 0 unspecified atom stereocenters. The summed E-state index contributed by atoms with van der Waals surface area (Å²) in [6.45, 7) is 1.97. The first-order chi connectivity index (χ1) is 63.8. The number of aliphatic hydroxyl groups excluding tert-OH is 11. The molecule has 26 N–H and O–H groups in total. The highest BCUT2D eigenvalue weighted by Crippen LogP contribution is 2.51. The van der Waals surface area contributed by atoms with Crippen LogP contribution in [0, 0.1) is 5.92 Å². The molecule has 0 spiro atoms. The van der Waals surface area contributed by atoms with Crippen molar-refractivity contribution in [1.29, 1.82) is 0 Å². The minimum absolute atomic E-state index is 0.0568. The Bertz CT molecular complexity index is 5620. The van der Waals surface area contributed by atoms with Crippen LogP contribution < -0.4 is 72.0 Å². The first-order valence-electron chi connectivity index (χ1n) is 42.6. The van der Waals surface area contributed by atoms with E-state index in [2.05, 4.69) is 56.4 Å². The van der Waals surface area contributed by atoms with Crippen LogP contribution in [0.2, 0.25) is 10.0 Å². The first-order valence-corrected chi connectivity index (χ1v) is 43.3. The number of fused-ring (bicyclic) bond motifs is 14. The predicted molar refractivity (Wildman–Crippen MR) is 459 cm³/mol. The number of aliphatic hydroxyl groups is 11. The van der Waals surface area contributed by atoms with Gasteiger partial charge >= 0.3 is 5.97 Å². The summed E-state index contributed by atoms with van der Waals surface area (Å²) in [5.74, 6) is -20.3. The molecular formula is C89H99Cl2N9O34. The summed E-state index contributed by atoms with van der Waals surface area (Å²) in [6.07, 6.45) is -26.9. The third-order valence-electron chi connectivity index (χ3n) is 23.8. The molecule has 3 fully saturated rings. The van der Waals surface area contributed by atoms with Gasteiger partial charge in [-0.2, -0.15) is 0 Å². The predicted octanol–water partition coefficient (Wildman–Crippen LogP) is 0.901. The number of carbonyl (C=O) groups excluding carboxylic acids is 8. The lowest BCUT2D eigenvalue weighted by molar-refractivity contribution is -0.284. The molecule has 43 nitrogen and oxygen atoms in total. The highest BCUT2D eigenvalue weighted by Gasteiger charge is 2.53. The topological polar surface area (TPSA) is 683 Å². The first kappa shape index (κ1) is 97.9. The van der Waals surface area contributed by atoms with E-state index in [4.69, 9.17) is 71.6 Å². The molecule has 7 aromatic carbocycles. The summed E-state index contributed by atoms with van der Waals surface area (Å²) in [6, 6.07) is -1.36. The Morgan fingerprint density at radius 1 is 0.470 bits per heavy atom. The van der Waals surface area contributed by atoms with Crippen molar-refractivity contribution in [3.8, 4) is 80.1 Å². The van der Waals surface area contributed by atoms with Crippen LogP contribution in [0.3, 0.4) is 0 Å². The number of ether oxygens (including phenoxy) is 9. The molecule has 24 atom stereocenters. The van der Waals surface area contributed by atoms with Crippen LogP contribution in [0.25, 0.3) is 11.1 Å². The summed E-state index contributed by atoms with van der Waals surface area (Å²) >= 11 is 14.7. The molecule has 9 aliphatic rings. The summed E-state index contributed by atoms with van der Waals surface area (Å²) in [7, 11) is 0. The lowest BCUT2D eigenvalue weighted by Gasteiger charge is -2.44. The number of aromatic hydroxyl groups is 4. The van der Waals surface area contributed by atoms with Crippen molar-refractivity contribution >= 4 is 76.4 Å². The number of hydrogen-bond donors (Lipinski definition) is 25. The number of phenols is 4. The Morgan fingerprint density at radius 3 is 1.60 bits per heavy atom. The fourth-order valence-electron chi connectivity index (χ4n) is 16.7. The molecule has 7 aromatic rings. The van der Waals surface area contributed by atoms with Crippen LogP contribution in [0.5, 0.6) is 69.0 Å². The van der Waals surface area contributed by atoms with E-state index in [-0.39, 0.29) is 17.5 Å². The molecule has 0 saturated carbocycles. The van der Waals surface area contributed by atoms with Gasteiger partial charge in [0.2, 0.25) is 65.6 Å². The van der Waals surface area contributed by atoms with Gasteiger partial charge in [-0.15, -0.1) is 0 Å². The summed E-state index contributed by atoms with van der Waals surface area (Å²) < 4.78 is 57.4. The number of phenolic OH excluding ortho intramolecular Hbond substituents is 4. The Hall–Kier alpha value is -12.1. The summed E-state index contributed by atoms with van der Waals surface area (Å²) in [4.78, 5) is 139. The van der Waals surface area contributed by atoms with Gasteiger partial charge < -0.3 is 173 Å². The van der Waals surface area contributed by atoms with Crippen LogP contribution >= 0.6 is 23.2 Å². The quantitative estimate of drug-likeness (QED) is 0.0471. The number of nitrogens with two attached hydrogens (primary N) is 1. The van der Waals surface area contributed by atoms with Crippen LogP contribution in [0.1, 0.15) is 147 Å². The number of carboxylic acid groups (broad SMARTS) is 1. The largest absolute Gasteiger partial charge is 0.508 e. The minimum Gasteiger partial charge on any atom is -0.508 e. The fraction of sp³-hybridized carbons (Fsp3) is 0.427. The molecule has 9 aliphatic heterocycles. The van der Waals surface area contributed by atoms with Gasteiger partial charge in [0.1, 0.15) is 162 Å². The molecule has 17 bridgehead atoms. The summed E-state index contributed by atoms with van der Waals surface area (Å²) in [5.41, 5.74) is 2.02. The number of halogens is 2. The van der Waals surface area contributed by atoms with E-state index in [9.17, 15) is 101 Å². The van der Waals surface area contributed by atoms with Gasteiger partial charge in [-0.3, -0.25) is 38.4 Å². The minimum atomic E-state index is -2.61. The Morgan fingerprint density at radius 2 is 0.985 bits per heavy atom. The van der Waals surface area contributed by atoms with Gasteiger partial charge in [0.25, 0.3) is 0 Å². The summed E-state index contributed by atoms with van der Waals surface area (Å²) in [5, 5.41) is 202. The van der Waals surface area contributed by atoms with E-state index in [0.717, 1.165) is 142 Å². The molecule has 718 valence electrons. The van der Waals surface area contributed by atoms with Crippen molar-refractivity contribution in [2.24, 2.45) is 11.7 Å². The van der Waals surface area contributed by atoms with Crippen LogP contribution in [0.15, 0.2) is 115 Å². The molecule has 0 aliphatic carbocycles. The Balaban J connectivity index is 1.04. The van der Waals surface area contributed by atoms with Crippen molar-refractivity contribution in [2.45, 2.75) is 212 Å². The SMILES string of the molecule is CC(=O)N[C@H]1[C@H](O[C@@H]2c3ccc(c(Cl)c3)Oc3cc4cc(c3O[C@@H]3O[C@H](CO)[C@@H](O)[C@H](O)[C@H]3NC(=O)CCCCCCCC(C)C)Oc3ccc(cc3Cl)[C@@H](O)[C@H]3NC(=O)[C@@H](N)c5ccc(O)c(c5)Oc5cc(O)cc(c5)[C@H](NC3=O)C(=O)N[C@H]4C(=O)N[C@@H]3C(=O)N[C@@H]2C(=O)N[C@H](C(=O)O)c2cc(O)cc(O[C@@H]4O[C@H](CO)[C@@H](O)[C@H](O)[C@H]4O)c2-c2cc3ccc2O)O[C@H](CO)[C@@H](O)[C@@H]1O. The molecule has 0 radical (unpaired) electrons. The van der Waals surface area contributed by atoms with E-state index in [0.29, 0.717) is 18.8 Å². The van der Waals surface area contributed by atoms with E-state index in [1.807, 2.05) is 0 Å². The smallest absolute Gasteiger partial charge is 0.330 e. The van der Waals surface area contributed by atoms with Gasteiger partial charge in [-0.1, -0.05) is 93.4 Å². The normalized spacial score (nSPS) is 29.2. The van der Waals surface area contributed by atoms with Crippen molar-refractivity contribution in [2.75, 3.05) is 19.8 Å². The third kappa shape index (κ3) is 21.0. The zero-order valence-electron chi connectivity index (χ0n) is 71.3. The lowest BCUT2D eigenvalue weighted by atomic mass is 9.89. The average Bonchev–Trinajstić information content (AvgIpc) is 1.05. The van der Waals surface area contributed by atoms with Crippen LogP contribution in [-0.4, -0.2) is 259 Å². The van der Waals surface area contributed by atoms with Crippen molar-refractivity contribution in [3.05, 3.63) is 164 Å². The molecule has 3 saturated heterocycles. The van der Waals surface area contributed by atoms with Crippen molar-refractivity contribution in [3.63, 3.8) is 0 Å².